The zero-order chi connectivity index (χ0) is 17.7. The molecule has 2 heterocycles. The van der Waals surface area contributed by atoms with Gasteiger partial charge in [-0.3, -0.25) is 9.88 Å². The van der Waals surface area contributed by atoms with E-state index in [1.165, 1.54) is 12.3 Å². The minimum Gasteiger partial charge on any atom is -0.543 e. The summed E-state index contributed by atoms with van der Waals surface area (Å²) in [6.45, 7) is 7.70. The molecule has 2 rings (SSSR count). The van der Waals surface area contributed by atoms with Gasteiger partial charge in [0.15, 0.2) is 0 Å². The Morgan fingerprint density at radius 1 is 1.44 bits per heavy atom. The van der Waals surface area contributed by atoms with Gasteiger partial charge in [0.05, 0.1) is 11.7 Å². The SMILES string of the molecule is CC(C)(C)OC(=O)N[C@@H]1CCCN(Cc2ccnc(C(=O)[O-])c2)C1.[Li+]. The summed E-state index contributed by atoms with van der Waals surface area (Å²) in [5.74, 6) is -1.28. The van der Waals surface area contributed by atoms with E-state index < -0.39 is 17.7 Å². The molecule has 1 aromatic rings. The fraction of sp³-hybridized carbons (Fsp3) is 0.588. The average molecular weight is 341 g/mol. The van der Waals surface area contributed by atoms with Gasteiger partial charge in [-0.25, -0.2) is 4.79 Å². The maximum Gasteiger partial charge on any atom is 1.00 e. The minimum atomic E-state index is -1.28. The molecule has 1 aliphatic rings. The average Bonchev–Trinajstić information content (AvgIpc) is 2.45. The molecule has 0 saturated carbocycles. The summed E-state index contributed by atoms with van der Waals surface area (Å²) in [6, 6.07) is 3.34. The van der Waals surface area contributed by atoms with Gasteiger partial charge < -0.3 is 20.0 Å². The Labute approximate surface area is 160 Å². The molecule has 1 atom stereocenters. The van der Waals surface area contributed by atoms with Crippen molar-refractivity contribution in [1.82, 2.24) is 15.2 Å². The Morgan fingerprint density at radius 2 is 2.16 bits per heavy atom. The number of rotatable bonds is 4. The first-order chi connectivity index (χ1) is 11.2. The van der Waals surface area contributed by atoms with Crippen molar-refractivity contribution in [2.75, 3.05) is 13.1 Å². The molecule has 0 aromatic carbocycles. The van der Waals surface area contributed by atoms with Crippen LogP contribution in [0.2, 0.25) is 0 Å². The number of carbonyl (C=O) groups excluding carboxylic acids is 2. The summed E-state index contributed by atoms with van der Waals surface area (Å²) >= 11 is 0. The molecule has 0 radical (unpaired) electrons. The van der Waals surface area contributed by atoms with Gasteiger partial charge in [0, 0.05) is 25.3 Å². The summed E-state index contributed by atoms with van der Waals surface area (Å²) in [4.78, 5) is 28.7. The van der Waals surface area contributed by atoms with Crippen LogP contribution in [0.25, 0.3) is 0 Å². The van der Waals surface area contributed by atoms with Crippen LogP contribution in [0.15, 0.2) is 18.3 Å². The predicted octanol–water partition coefficient (Wildman–Crippen LogP) is -2.06. The number of alkyl carbamates (subject to hydrolysis) is 1. The van der Waals surface area contributed by atoms with Crippen molar-refractivity contribution < 1.29 is 38.3 Å². The number of aromatic nitrogens is 1. The second-order valence-corrected chi connectivity index (χ2v) is 7.06. The van der Waals surface area contributed by atoms with Crippen molar-refractivity contribution >= 4 is 12.1 Å². The number of amides is 1. The summed E-state index contributed by atoms with van der Waals surface area (Å²) in [7, 11) is 0. The van der Waals surface area contributed by atoms with Crippen LogP contribution in [-0.2, 0) is 11.3 Å². The van der Waals surface area contributed by atoms with Crippen LogP contribution in [0.1, 0.15) is 49.7 Å². The molecule has 0 bridgehead atoms. The number of hydrogen-bond donors (Lipinski definition) is 1. The number of aromatic carboxylic acids is 1. The number of carboxylic acid groups (broad SMARTS) is 1. The number of likely N-dealkylation sites (tertiary alicyclic amines) is 1. The van der Waals surface area contributed by atoms with Crippen LogP contribution in [0.5, 0.6) is 0 Å². The van der Waals surface area contributed by atoms with Crippen LogP contribution in [0.3, 0.4) is 0 Å². The number of carboxylic acids is 1. The Kier molecular flexibility index (Phi) is 7.93. The number of ether oxygens (including phenoxy) is 1. The van der Waals surface area contributed by atoms with Gasteiger partial charge in [-0.1, -0.05) is 0 Å². The number of carbonyl (C=O) groups is 2. The maximum atomic E-state index is 11.9. The molecule has 132 valence electrons. The molecule has 0 spiro atoms. The Bertz CT molecular complexity index is 604. The fourth-order valence-corrected chi connectivity index (χ4v) is 2.73. The quantitative estimate of drug-likeness (QED) is 0.633. The molecule has 8 heteroatoms. The molecular formula is C17H24LiN3O4. The first kappa shape index (κ1) is 21.5. The van der Waals surface area contributed by atoms with Gasteiger partial charge in [0.2, 0.25) is 0 Å². The van der Waals surface area contributed by atoms with Crippen LogP contribution in [-0.4, -0.2) is 46.7 Å². The van der Waals surface area contributed by atoms with E-state index in [1.807, 2.05) is 20.8 Å². The van der Waals surface area contributed by atoms with Crippen LogP contribution in [0.4, 0.5) is 4.79 Å². The van der Waals surface area contributed by atoms with Crippen LogP contribution in [0, 0.1) is 0 Å². The number of hydrogen-bond acceptors (Lipinski definition) is 6. The second kappa shape index (κ2) is 9.23. The Hall–Kier alpha value is -1.55. The molecule has 1 aliphatic heterocycles. The predicted molar refractivity (Wildman–Crippen MR) is 86.2 cm³/mol. The van der Waals surface area contributed by atoms with Crippen LogP contribution >= 0.6 is 0 Å². The van der Waals surface area contributed by atoms with E-state index in [2.05, 4.69) is 15.2 Å². The van der Waals surface area contributed by atoms with E-state index in [-0.39, 0.29) is 30.6 Å². The number of pyridine rings is 1. The fourth-order valence-electron chi connectivity index (χ4n) is 2.73. The van der Waals surface area contributed by atoms with E-state index >= 15 is 0 Å². The van der Waals surface area contributed by atoms with Crippen molar-refractivity contribution in [2.45, 2.75) is 51.8 Å². The van der Waals surface area contributed by atoms with E-state index in [9.17, 15) is 14.7 Å². The van der Waals surface area contributed by atoms with E-state index in [1.54, 1.807) is 6.07 Å². The van der Waals surface area contributed by atoms with Gasteiger partial charge in [0.25, 0.3) is 0 Å². The van der Waals surface area contributed by atoms with Gasteiger partial charge in [-0.05, 0) is 57.9 Å². The van der Waals surface area contributed by atoms with Gasteiger partial charge in [-0.15, -0.1) is 0 Å². The molecule has 0 aliphatic carbocycles. The largest absolute Gasteiger partial charge is 1.00 e. The first-order valence-corrected chi connectivity index (χ1v) is 8.11. The third-order valence-electron chi connectivity index (χ3n) is 3.67. The molecule has 1 saturated heterocycles. The minimum absolute atomic E-state index is 0. The molecule has 7 nitrogen and oxygen atoms in total. The summed E-state index contributed by atoms with van der Waals surface area (Å²) < 4.78 is 5.29. The van der Waals surface area contributed by atoms with E-state index in [0.717, 1.165) is 24.9 Å². The van der Waals surface area contributed by atoms with Gasteiger partial charge in [-0.2, -0.15) is 0 Å². The summed E-state index contributed by atoms with van der Waals surface area (Å²) in [6.07, 6.45) is 2.92. The van der Waals surface area contributed by atoms with Gasteiger partial charge in [0.1, 0.15) is 5.60 Å². The van der Waals surface area contributed by atoms with Crippen molar-refractivity contribution in [3.05, 3.63) is 29.6 Å². The zero-order valence-corrected chi connectivity index (χ0v) is 15.4. The molecule has 25 heavy (non-hydrogen) atoms. The molecule has 1 N–H and O–H groups in total. The molecular weight excluding hydrogens is 317 g/mol. The van der Waals surface area contributed by atoms with Crippen molar-refractivity contribution in [3.8, 4) is 0 Å². The summed E-state index contributed by atoms with van der Waals surface area (Å²) in [5.41, 5.74) is 0.284. The van der Waals surface area contributed by atoms with Gasteiger partial charge >= 0.3 is 25.0 Å². The maximum absolute atomic E-state index is 11.9. The third kappa shape index (κ3) is 7.47. The monoisotopic (exact) mass is 341 g/mol. The van der Waals surface area contributed by atoms with Crippen molar-refractivity contribution in [3.63, 3.8) is 0 Å². The smallest absolute Gasteiger partial charge is 0.543 e. The first-order valence-electron chi connectivity index (χ1n) is 8.11. The molecule has 0 unspecified atom stereocenters. The topological polar surface area (TPSA) is 94.6 Å². The van der Waals surface area contributed by atoms with Crippen LogP contribution < -0.4 is 29.3 Å². The Balaban J connectivity index is 0.00000312. The number of nitrogens with zero attached hydrogens (tertiary/aromatic N) is 2. The summed E-state index contributed by atoms with van der Waals surface area (Å²) in [5, 5.41) is 13.8. The van der Waals surface area contributed by atoms with E-state index in [4.69, 9.17) is 4.74 Å². The Morgan fingerprint density at radius 3 is 2.80 bits per heavy atom. The normalized spacial score (nSPS) is 18.1. The zero-order valence-electron chi connectivity index (χ0n) is 15.4. The second-order valence-electron chi connectivity index (χ2n) is 7.06. The molecule has 1 fully saturated rings. The third-order valence-corrected chi connectivity index (χ3v) is 3.67. The van der Waals surface area contributed by atoms with Crippen molar-refractivity contribution in [1.29, 1.82) is 0 Å². The molecule has 1 amide bonds. The van der Waals surface area contributed by atoms with E-state index in [0.29, 0.717) is 13.1 Å². The number of nitrogens with one attached hydrogen (secondary N) is 1. The molecule has 1 aromatic heterocycles. The number of piperidine rings is 1. The van der Waals surface area contributed by atoms with Crippen molar-refractivity contribution in [2.24, 2.45) is 0 Å². The standard InChI is InChI=1S/C17H25N3O4.Li/c1-17(2,3)24-16(23)19-13-5-4-8-20(11-13)10-12-6-7-18-14(9-12)15(21)22;/h6-7,9,13H,4-5,8,10-11H2,1-3H3,(H,19,23)(H,21,22);/q;+1/p-1/t13-;/m1./s1.